The minimum Gasteiger partial charge on any atom is -0.544 e. The van der Waals surface area contributed by atoms with E-state index in [-0.39, 0.29) is 11.0 Å². The van der Waals surface area contributed by atoms with Crippen molar-refractivity contribution < 1.29 is 14.4 Å². The van der Waals surface area contributed by atoms with Crippen molar-refractivity contribution in [3.63, 3.8) is 0 Å². The van der Waals surface area contributed by atoms with Crippen molar-refractivity contribution in [3.05, 3.63) is 24.6 Å². The van der Waals surface area contributed by atoms with E-state index in [1.165, 1.54) is 12.8 Å². The van der Waals surface area contributed by atoms with Crippen LogP contribution in [0.5, 0.6) is 0 Å². The molecule has 0 saturated carbocycles. The predicted octanol–water partition coefficient (Wildman–Crippen LogP) is 1.70. The molecule has 124 valence electrons. The largest absolute Gasteiger partial charge is 0.544 e. The zero-order chi connectivity index (χ0) is 16.3. The number of hydrogen-bond acceptors (Lipinski definition) is 4. The summed E-state index contributed by atoms with van der Waals surface area (Å²) in [6.45, 7) is 3.06. The Kier molecular flexibility index (Phi) is 8.70. The van der Waals surface area contributed by atoms with Crippen LogP contribution in [-0.2, 0) is 4.79 Å². The van der Waals surface area contributed by atoms with Crippen molar-refractivity contribution >= 4 is 11.8 Å². The molecule has 0 aromatic rings. The third-order valence-electron chi connectivity index (χ3n) is 3.95. The summed E-state index contributed by atoms with van der Waals surface area (Å²) in [7, 11) is 0. The van der Waals surface area contributed by atoms with E-state index in [1.54, 1.807) is 6.20 Å². The van der Waals surface area contributed by atoms with Crippen LogP contribution in [0.3, 0.4) is 0 Å². The van der Waals surface area contributed by atoms with Crippen LogP contribution in [0.2, 0.25) is 0 Å². The summed E-state index contributed by atoms with van der Waals surface area (Å²) >= 11 is 0. The first-order valence-corrected chi connectivity index (χ1v) is 8.31. The van der Waals surface area contributed by atoms with Crippen LogP contribution >= 0.6 is 0 Å². The lowest BCUT2D eigenvalue weighted by molar-refractivity contribution is -0.780. The molecule has 0 aromatic heterocycles. The molecule has 0 aliphatic carbocycles. The van der Waals surface area contributed by atoms with E-state index in [0.717, 1.165) is 37.9 Å². The highest BCUT2D eigenvalue weighted by Gasteiger charge is 2.34. The molecule has 0 fully saturated rings. The normalized spacial score (nSPS) is 20.7. The molecule has 5 nitrogen and oxygen atoms in total. The van der Waals surface area contributed by atoms with Crippen molar-refractivity contribution in [2.45, 2.75) is 51.9 Å². The third kappa shape index (κ3) is 6.12. The van der Waals surface area contributed by atoms with Crippen LogP contribution in [0.25, 0.3) is 0 Å². The van der Waals surface area contributed by atoms with Crippen molar-refractivity contribution in [1.29, 1.82) is 0 Å². The Labute approximate surface area is 133 Å². The van der Waals surface area contributed by atoms with E-state index in [0.29, 0.717) is 13.1 Å². The van der Waals surface area contributed by atoms with Crippen molar-refractivity contribution in [3.8, 4) is 0 Å². The van der Waals surface area contributed by atoms with Crippen LogP contribution in [0.1, 0.15) is 51.9 Å². The number of aliphatic carboxylic acids is 1. The summed E-state index contributed by atoms with van der Waals surface area (Å²) in [6.07, 6.45) is 15.6. The predicted molar refractivity (Wildman–Crippen MR) is 87.8 cm³/mol. The van der Waals surface area contributed by atoms with Gasteiger partial charge in [0.15, 0.2) is 0 Å². The molecule has 5 heteroatoms. The Morgan fingerprint density at radius 1 is 1.32 bits per heavy atom. The van der Waals surface area contributed by atoms with Gasteiger partial charge in [-0.2, -0.15) is 0 Å². The molecule has 0 bridgehead atoms. The first-order valence-electron chi connectivity index (χ1n) is 8.31. The zero-order valence-electron chi connectivity index (χ0n) is 13.7. The quantitative estimate of drug-likeness (QED) is 0.338. The van der Waals surface area contributed by atoms with Crippen LogP contribution in [0.15, 0.2) is 29.5 Å². The Morgan fingerprint density at radius 3 is 2.77 bits per heavy atom. The van der Waals surface area contributed by atoms with Gasteiger partial charge in [-0.05, 0) is 25.7 Å². The molecular weight excluding hydrogens is 278 g/mol. The number of nitrogens with two attached hydrogens (primary N) is 1. The maximum atomic E-state index is 11.0. The topological polar surface area (TPSA) is 78.5 Å². The first kappa shape index (κ1) is 18.6. The standard InChI is InChI=1S/C17H29N3O2/c1-2-3-4-5-6-7-8-9-10-16-19-12-14-20(16,13-11-18)15-17(21)22/h3-4,12,14H,2,5-11,13,15,18H2,1H3/b4-3+. The fraction of sp³-hybridized carbons (Fsp3) is 0.647. The van der Waals surface area contributed by atoms with Gasteiger partial charge in [-0.3, -0.25) is 0 Å². The van der Waals surface area contributed by atoms with Crippen LogP contribution in [0, 0.1) is 0 Å². The number of aliphatic imine (C=N–C) groups is 1. The molecule has 1 rings (SSSR count). The second kappa shape index (κ2) is 10.3. The summed E-state index contributed by atoms with van der Waals surface area (Å²) in [4.78, 5) is 15.4. The van der Waals surface area contributed by atoms with Crippen molar-refractivity contribution in [1.82, 2.24) is 0 Å². The van der Waals surface area contributed by atoms with Gasteiger partial charge in [-0.25, -0.2) is 9.48 Å². The molecular formula is C17H29N3O2. The Hall–Kier alpha value is -1.46. The number of carboxylic acid groups (broad SMARTS) is 1. The van der Waals surface area contributed by atoms with Gasteiger partial charge in [0.25, 0.3) is 0 Å². The fourth-order valence-electron chi connectivity index (χ4n) is 2.81. The summed E-state index contributed by atoms with van der Waals surface area (Å²) < 4.78 is 0.234. The average Bonchev–Trinajstić information content (AvgIpc) is 2.84. The van der Waals surface area contributed by atoms with Crippen LogP contribution in [0.4, 0.5) is 0 Å². The molecule has 2 N–H and O–H groups in total. The van der Waals surface area contributed by atoms with E-state index in [1.807, 2.05) is 6.20 Å². The number of nitrogens with zero attached hydrogens (tertiary/aromatic N) is 2. The molecule has 1 atom stereocenters. The maximum Gasteiger partial charge on any atom is 0.207 e. The number of hydrogen-bond donors (Lipinski definition) is 1. The van der Waals surface area contributed by atoms with Gasteiger partial charge in [0.05, 0.1) is 12.2 Å². The molecule has 0 spiro atoms. The Bertz CT molecular complexity index is 430. The van der Waals surface area contributed by atoms with Gasteiger partial charge in [0.2, 0.25) is 5.84 Å². The molecule has 0 radical (unpaired) electrons. The van der Waals surface area contributed by atoms with E-state index < -0.39 is 5.97 Å². The summed E-state index contributed by atoms with van der Waals surface area (Å²) in [5, 5.41) is 11.0. The van der Waals surface area contributed by atoms with Crippen LogP contribution in [-0.4, -0.2) is 35.9 Å². The van der Waals surface area contributed by atoms with Crippen molar-refractivity contribution in [2.24, 2.45) is 10.7 Å². The third-order valence-corrected chi connectivity index (χ3v) is 3.95. The highest BCUT2D eigenvalue weighted by Crippen LogP contribution is 2.20. The highest BCUT2D eigenvalue weighted by molar-refractivity contribution is 5.80. The molecule has 1 aliphatic heterocycles. The van der Waals surface area contributed by atoms with E-state index in [9.17, 15) is 9.90 Å². The smallest absolute Gasteiger partial charge is 0.207 e. The highest BCUT2D eigenvalue weighted by atomic mass is 16.4. The Balaban J connectivity index is 2.34. The molecule has 0 aromatic carbocycles. The maximum absolute atomic E-state index is 11.0. The summed E-state index contributed by atoms with van der Waals surface area (Å²) in [5.41, 5.74) is 5.64. The average molecular weight is 307 g/mol. The second-order valence-corrected chi connectivity index (χ2v) is 5.75. The SMILES string of the molecule is CC/C=C/CCCCCCC1=NC=C[N+]1(CCN)CC(=O)[O-]. The molecule has 0 saturated heterocycles. The lowest BCUT2D eigenvalue weighted by Crippen LogP contribution is -2.55. The molecule has 1 aliphatic rings. The number of rotatable bonds is 12. The summed E-state index contributed by atoms with van der Waals surface area (Å²) in [5.74, 6) is -0.157. The van der Waals surface area contributed by atoms with Gasteiger partial charge < -0.3 is 15.6 Å². The second-order valence-electron chi connectivity index (χ2n) is 5.75. The molecule has 0 amide bonds. The first-order chi connectivity index (χ1) is 10.6. The Morgan fingerprint density at radius 2 is 2.09 bits per heavy atom. The minimum absolute atomic E-state index is 0.0751. The number of carbonyl (C=O) groups excluding carboxylic acids is 1. The minimum atomic E-state index is -1.06. The van der Waals surface area contributed by atoms with Gasteiger partial charge in [-0.15, -0.1) is 0 Å². The number of carboxylic acids is 1. The van der Waals surface area contributed by atoms with Gasteiger partial charge in [0.1, 0.15) is 19.3 Å². The molecule has 1 heterocycles. The van der Waals surface area contributed by atoms with Gasteiger partial charge in [0, 0.05) is 13.0 Å². The lowest BCUT2D eigenvalue weighted by Gasteiger charge is -2.32. The van der Waals surface area contributed by atoms with Gasteiger partial charge in [-0.1, -0.05) is 31.9 Å². The van der Waals surface area contributed by atoms with E-state index in [2.05, 4.69) is 24.1 Å². The molecule has 1 unspecified atom stereocenters. The van der Waals surface area contributed by atoms with E-state index in [4.69, 9.17) is 5.73 Å². The number of unbranched alkanes of at least 4 members (excludes halogenated alkanes) is 4. The number of quaternary nitrogens is 1. The lowest BCUT2D eigenvalue weighted by atomic mass is 10.1. The monoisotopic (exact) mass is 307 g/mol. The van der Waals surface area contributed by atoms with Crippen LogP contribution < -0.4 is 10.8 Å². The van der Waals surface area contributed by atoms with E-state index >= 15 is 0 Å². The number of carbonyl (C=O) groups is 1. The number of amidine groups is 1. The van der Waals surface area contributed by atoms with Crippen molar-refractivity contribution in [2.75, 3.05) is 19.6 Å². The van der Waals surface area contributed by atoms with Gasteiger partial charge >= 0.3 is 0 Å². The number of allylic oxidation sites excluding steroid dienone is 2. The summed E-state index contributed by atoms with van der Waals surface area (Å²) in [6, 6.07) is 0. The fourth-order valence-corrected chi connectivity index (χ4v) is 2.81. The zero-order valence-corrected chi connectivity index (χ0v) is 13.7. The molecule has 22 heavy (non-hydrogen) atoms.